The van der Waals surface area contributed by atoms with Gasteiger partial charge in [-0.25, -0.2) is 4.98 Å². The molecule has 0 bridgehead atoms. The van der Waals surface area contributed by atoms with Crippen LogP contribution in [0.25, 0.3) is 0 Å². The smallest absolute Gasteiger partial charge is 0.128 e. The molecule has 1 aromatic heterocycles. The zero-order valence-electron chi connectivity index (χ0n) is 9.40. The van der Waals surface area contributed by atoms with Gasteiger partial charge in [-0.1, -0.05) is 30.7 Å². The lowest BCUT2D eigenvalue weighted by Crippen LogP contribution is -1.88. The highest BCUT2D eigenvalue weighted by atomic mass is 35.5. The topological polar surface area (TPSA) is 36.7 Å². The Morgan fingerprint density at radius 1 is 1.35 bits per heavy atom. The lowest BCUT2D eigenvalue weighted by atomic mass is 10.2. The normalized spacial score (nSPS) is 10.2. The molecular weight excluding hydrogens is 252 g/mol. The summed E-state index contributed by atoms with van der Waals surface area (Å²) >= 11 is 7.31. The van der Waals surface area contributed by atoms with Crippen LogP contribution in [0.15, 0.2) is 24.3 Å². The van der Waals surface area contributed by atoms with E-state index in [1.165, 1.54) is 11.3 Å². The van der Waals surface area contributed by atoms with E-state index in [0.29, 0.717) is 0 Å². The highest BCUT2D eigenvalue weighted by Gasteiger charge is 2.09. The van der Waals surface area contributed by atoms with Crippen molar-refractivity contribution < 1.29 is 0 Å². The predicted molar refractivity (Wildman–Crippen MR) is 70.5 cm³/mol. The van der Waals surface area contributed by atoms with E-state index in [9.17, 15) is 0 Å². The van der Waals surface area contributed by atoms with Gasteiger partial charge in [-0.05, 0) is 24.1 Å². The van der Waals surface area contributed by atoms with Gasteiger partial charge < -0.3 is 0 Å². The van der Waals surface area contributed by atoms with Gasteiger partial charge in [-0.15, -0.1) is 11.3 Å². The Hall–Kier alpha value is -1.37. The van der Waals surface area contributed by atoms with E-state index in [4.69, 9.17) is 16.9 Å². The van der Waals surface area contributed by atoms with Crippen molar-refractivity contribution in [1.29, 1.82) is 5.26 Å². The van der Waals surface area contributed by atoms with E-state index in [1.807, 2.05) is 31.2 Å². The van der Waals surface area contributed by atoms with Gasteiger partial charge in [0.15, 0.2) is 0 Å². The largest absolute Gasteiger partial charge is 0.244 e. The van der Waals surface area contributed by atoms with Gasteiger partial charge in [0, 0.05) is 11.4 Å². The Morgan fingerprint density at radius 2 is 2.06 bits per heavy atom. The quantitative estimate of drug-likeness (QED) is 0.843. The molecule has 17 heavy (non-hydrogen) atoms. The molecule has 2 aromatic rings. The van der Waals surface area contributed by atoms with Crippen LogP contribution < -0.4 is 0 Å². The molecule has 4 heteroatoms. The van der Waals surface area contributed by atoms with Gasteiger partial charge in [0.25, 0.3) is 0 Å². The van der Waals surface area contributed by atoms with Gasteiger partial charge in [0.2, 0.25) is 0 Å². The number of benzene rings is 1. The molecule has 0 radical (unpaired) electrons. The van der Waals surface area contributed by atoms with Crippen molar-refractivity contribution in [3.8, 4) is 6.07 Å². The fourth-order valence-electron chi connectivity index (χ4n) is 1.58. The molecule has 2 nitrogen and oxygen atoms in total. The van der Waals surface area contributed by atoms with E-state index in [1.54, 1.807) is 0 Å². The third-order valence-electron chi connectivity index (χ3n) is 2.45. The van der Waals surface area contributed by atoms with Crippen LogP contribution in [0.5, 0.6) is 0 Å². The predicted octanol–water partition coefficient (Wildman–Crippen LogP) is 3.82. The average Bonchev–Trinajstić information content (AvgIpc) is 2.74. The van der Waals surface area contributed by atoms with Gasteiger partial charge in [0.05, 0.1) is 10.7 Å². The number of hydrogen-bond acceptors (Lipinski definition) is 3. The summed E-state index contributed by atoms with van der Waals surface area (Å²) in [4.78, 5) is 5.21. The number of aryl methyl sites for hydroxylation is 1. The molecule has 0 N–H and O–H groups in total. The first-order valence-corrected chi connectivity index (χ1v) is 6.55. The van der Waals surface area contributed by atoms with E-state index in [2.05, 4.69) is 11.1 Å². The first-order chi connectivity index (χ1) is 8.22. The summed E-state index contributed by atoms with van der Waals surface area (Å²) in [6.45, 7) is 2.02. The van der Waals surface area contributed by atoms with Gasteiger partial charge >= 0.3 is 0 Å². The van der Waals surface area contributed by atoms with E-state index < -0.39 is 0 Å². The van der Waals surface area contributed by atoms with Crippen molar-refractivity contribution in [1.82, 2.24) is 4.98 Å². The number of aromatic nitrogens is 1. The lowest BCUT2D eigenvalue weighted by molar-refractivity contribution is 1.01. The maximum Gasteiger partial charge on any atom is 0.128 e. The molecule has 0 aliphatic carbocycles. The monoisotopic (exact) mass is 262 g/mol. The molecule has 2 rings (SSSR count). The number of hydrogen-bond donors (Lipinski definition) is 0. The Balaban J connectivity index is 2.22. The molecular formula is C13H11ClN2S. The summed E-state index contributed by atoms with van der Waals surface area (Å²) in [5.74, 6) is 0. The summed E-state index contributed by atoms with van der Waals surface area (Å²) in [5.41, 5.74) is 2.07. The van der Waals surface area contributed by atoms with E-state index >= 15 is 0 Å². The molecule has 0 aliphatic rings. The molecule has 0 fully saturated rings. The molecule has 1 heterocycles. The van der Waals surface area contributed by atoms with Crippen LogP contribution in [0, 0.1) is 11.3 Å². The minimum absolute atomic E-state index is 0.733. The molecule has 0 saturated heterocycles. The van der Waals surface area contributed by atoms with Gasteiger partial charge in [0.1, 0.15) is 10.9 Å². The minimum atomic E-state index is 0.733. The SMILES string of the molecule is CCc1nc(Cc2ccc(Cl)cc2)sc1C#N. The van der Waals surface area contributed by atoms with Crippen molar-refractivity contribution >= 4 is 22.9 Å². The van der Waals surface area contributed by atoms with Crippen molar-refractivity contribution in [3.63, 3.8) is 0 Å². The third kappa shape index (κ3) is 2.85. The summed E-state index contributed by atoms with van der Waals surface area (Å²) in [7, 11) is 0. The summed E-state index contributed by atoms with van der Waals surface area (Å²) < 4.78 is 0. The van der Waals surface area contributed by atoms with Crippen LogP contribution in [0.2, 0.25) is 5.02 Å². The highest BCUT2D eigenvalue weighted by molar-refractivity contribution is 7.12. The fourth-order valence-corrected chi connectivity index (χ4v) is 2.69. The number of halogens is 1. The van der Waals surface area contributed by atoms with E-state index in [0.717, 1.165) is 39.0 Å². The standard InChI is InChI=1S/C13H11ClN2S/c1-2-11-12(8-15)17-13(16-11)7-9-3-5-10(14)6-4-9/h3-6H,2,7H2,1H3. The van der Waals surface area contributed by atoms with Crippen LogP contribution in [0.1, 0.15) is 28.1 Å². The van der Waals surface area contributed by atoms with Gasteiger partial charge in [-0.3, -0.25) is 0 Å². The first kappa shape index (κ1) is 12.1. The molecule has 0 atom stereocenters. The third-order valence-corrected chi connectivity index (χ3v) is 3.70. The second-order valence-corrected chi connectivity index (χ2v) is 5.17. The second-order valence-electron chi connectivity index (χ2n) is 3.65. The Labute approximate surface area is 110 Å². The van der Waals surface area contributed by atoms with Crippen LogP contribution >= 0.6 is 22.9 Å². The molecule has 0 saturated carbocycles. The van der Waals surface area contributed by atoms with Crippen molar-refractivity contribution in [3.05, 3.63) is 50.4 Å². The molecule has 0 unspecified atom stereocenters. The summed E-state index contributed by atoms with van der Waals surface area (Å²) in [6.07, 6.45) is 1.57. The van der Waals surface area contributed by atoms with Crippen molar-refractivity contribution in [2.75, 3.05) is 0 Å². The summed E-state index contributed by atoms with van der Waals surface area (Å²) in [5, 5.41) is 10.7. The lowest BCUT2D eigenvalue weighted by Gasteiger charge is -1.97. The van der Waals surface area contributed by atoms with Crippen molar-refractivity contribution in [2.24, 2.45) is 0 Å². The van der Waals surface area contributed by atoms with E-state index in [-0.39, 0.29) is 0 Å². The zero-order chi connectivity index (χ0) is 12.3. The van der Waals surface area contributed by atoms with Crippen LogP contribution in [0.3, 0.4) is 0 Å². The number of thiazole rings is 1. The Morgan fingerprint density at radius 3 is 2.59 bits per heavy atom. The number of nitrogens with zero attached hydrogens (tertiary/aromatic N) is 2. The number of nitriles is 1. The summed E-state index contributed by atoms with van der Waals surface area (Å²) in [6, 6.07) is 9.91. The second kappa shape index (κ2) is 5.31. The van der Waals surface area contributed by atoms with Crippen LogP contribution in [-0.2, 0) is 12.8 Å². The molecule has 1 aromatic carbocycles. The fraction of sp³-hybridized carbons (Fsp3) is 0.231. The molecule has 0 amide bonds. The molecule has 86 valence electrons. The highest BCUT2D eigenvalue weighted by Crippen LogP contribution is 2.21. The molecule has 0 spiro atoms. The zero-order valence-corrected chi connectivity index (χ0v) is 11.0. The van der Waals surface area contributed by atoms with Crippen LogP contribution in [-0.4, -0.2) is 4.98 Å². The Bertz CT molecular complexity index is 552. The average molecular weight is 263 g/mol. The minimum Gasteiger partial charge on any atom is -0.244 e. The van der Waals surface area contributed by atoms with Crippen LogP contribution in [0.4, 0.5) is 0 Å². The van der Waals surface area contributed by atoms with Gasteiger partial charge in [-0.2, -0.15) is 5.26 Å². The Kier molecular flexibility index (Phi) is 3.78. The maximum absolute atomic E-state index is 8.97. The number of rotatable bonds is 3. The van der Waals surface area contributed by atoms with Crippen molar-refractivity contribution in [2.45, 2.75) is 19.8 Å². The maximum atomic E-state index is 8.97. The first-order valence-electron chi connectivity index (χ1n) is 5.36. The molecule has 0 aliphatic heterocycles.